The second kappa shape index (κ2) is 14.9. The first kappa shape index (κ1) is 28.8. The fraction of sp³-hybridized carbons (Fsp3) is 0.519. The van der Waals surface area contributed by atoms with Gasteiger partial charge in [-0.3, -0.25) is 0 Å². The van der Waals surface area contributed by atoms with Crippen molar-refractivity contribution in [3.05, 3.63) is 52.5 Å². The van der Waals surface area contributed by atoms with Crippen LogP contribution in [-0.2, 0) is 3.07 Å². The van der Waals surface area contributed by atoms with Gasteiger partial charge in [0.2, 0.25) is 0 Å². The van der Waals surface area contributed by atoms with Gasteiger partial charge in [0, 0.05) is 0 Å². The Bertz CT molecular complexity index is 927. The van der Waals surface area contributed by atoms with Gasteiger partial charge in [0.1, 0.15) is 0 Å². The molecule has 0 saturated heterocycles. The quantitative estimate of drug-likeness (QED) is 0.153. The molecule has 0 atom stereocenters. The molecule has 7 heteroatoms. The topological polar surface area (TPSA) is 54.3 Å². The van der Waals surface area contributed by atoms with Gasteiger partial charge in [0.25, 0.3) is 0 Å². The number of azo groups is 1. The van der Waals surface area contributed by atoms with Crippen LogP contribution in [0, 0.1) is 0 Å². The van der Waals surface area contributed by atoms with E-state index in [1.807, 2.05) is 61.5 Å². The zero-order valence-electron chi connectivity index (χ0n) is 21.4. The summed E-state index contributed by atoms with van der Waals surface area (Å²) < 4.78 is 10.8. The molecule has 2 aromatic rings. The van der Waals surface area contributed by atoms with Crippen molar-refractivity contribution >= 4 is 57.8 Å². The van der Waals surface area contributed by atoms with Crippen LogP contribution < -0.4 is 4.90 Å². The van der Waals surface area contributed by atoms with E-state index in [1.165, 1.54) is 0 Å². The molecule has 0 fully saturated rings. The number of anilines is 1. The zero-order chi connectivity index (χ0) is 25.0. The number of hydrogen-bond donors (Lipinski definition) is 0. The van der Waals surface area contributed by atoms with Gasteiger partial charge in [-0.2, -0.15) is 0 Å². The Labute approximate surface area is 218 Å². The summed E-state index contributed by atoms with van der Waals surface area (Å²) >= 11 is 0.506. The van der Waals surface area contributed by atoms with Crippen LogP contribution in [0.15, 0.2) is 57.2 Å². The number of hydrogen-bond acceptors (Lipinski definition) is 5. The number of benzene rings is 2. The first-order valence-corrected chi connectivity index (χ1v) is 20.6. The van der Waals surface area contributed by atoms with Crippen molar-refractivity contribution in [2.45, 2.75) is 72.6 Å². The van der Waals surface area contributed by atoms with Gasteiger partial charge in [-0.1, -0.05) is 0 Å². The molecule has 0 aromatic heterocycles. The SMILES string of the molecule is CCC[CH2][Sn]([CH2]CCC)([CH2]CCC)[O]C(=O)c1ccccc1N=Nc1ccc(N(C)C)cc1Br. The van der Waals surface area contributed by atoms with E-state index in [2.05, 4.69) is 46.9 Å². The Morgan fingerprint density at radius 3 is 1.97 bits per heavy atom. The van der Waals surface area contributed by atoms with E-state index in [0.717, 1.165) is 67.7 Å². The van der Waals surface area contributed by atoms with Gasteiger partial charge in [-0.15, -0.1) is 0 Å². The maximum atomic E-state index is 13.5. The average molecular weight is 637 g/mol. The molecule has 2 rings (SSSR count). The molecule has 0 unspecified atom stereocenters. The summed E-state index contributed by atoms with van der Waals surface area (Å²) in [6.45, 7) is 6.66. The summed E-state index contributed by atoms with van der Waals surface area (Å²) in [6, 6.07) is 13.3. The van der Waals surface area contributed by atoms with Crippen molar-refractivity contribution < 1.29 is 7.87 Å². The second-order valence-corrected chi connectivity index (χ2v) is 21.6. The summed E-state index contributed by atoms with van der Waals surface area (Å²) in [5, 5.41) is 8.89. The number of carbonyl (C=O) groups excluding carboxylic acids is 1. The predicted octanol–water partition coefficient (Wildman–Crippen LogP) is 9.43. The van der Waals surface area contributed by atoms with Gasteiger partial charge >= 0.3 is 220 Å². The average Bonchev–Trinajstić information content (AvgIpc) is 2.84. The third-order valence-corrected chi connectivity index (χ3v) is 19.3. The molecule has 5 nitrogen and oxygen atoms in total. The molecule has 0 bridgehead atoms. The first-order valence-electron chi connectivity index (χ1n) is 12.6. The minimum absolute atomic E-state index is 0.212. The summed E-state index contributed by atoms with van der Waals surface area (Å²) in [7, 11) is 3.99. The summed E-state index contributed by atoms with van der Waals surface area (Å²) in [4.78, 5) is 15.5. The van der Waals surface area contributed by atoms with Crippen LogP contribution in [0.2, 0.25) is 13.3 Å². The van der Waals surface area contributed by atoms with Crippen molar-refractivity contribution in [3.63, 3.8) is 0 Å². The molecule has 186 valence electrons. The molecule has 0 saturated carbocycles. The normalized spacial score (nSPS) is 11.7. The summed E-state index contributed by atoms with van der Waals surface area (Å²) in [5.41, 5.74) is 2.86. The Hall–Kier alpha value is -1.41. The Morgan fingerprint density at radius 2 is 1.44 bits per heavy atom. The van der Waals surface area contributed by atoms with Crippen LogP contribution in [0.3, 0.4) is 0 Å². The maximum absolute atomic E-state index is 13.5. The molecule has 34 heavy (non-hydrogen) atoms. The van der Waals surface area contributed by atoms with Crippen molar-refractivity contribution in [1.82, 2.24) is 0 Å². The minimum atomic E-state index is -3.08. The first-order chi connectivity index (χ1) is 16.4. The monoisotopic (exact) mass is 637 g/mol. The summed E-state index contributed by atoms with van der Waals surface area (Å²) in [5.74, 6) is -0.212. The molecule has 0 aliphatic heterocycles. The van der Waals surface area contributed by atoms with Gasteiger partial charge in [0.05, 0.1) is 0 Å². The standard InChI is InChI=1S/C15H14BrN3O2.3C4H9.Sn/c1-19(2)10-7-8-14(12(16)9-10)18-17-13-6-4-3-5-11(13)15(20)21;3*1-3-4-2;/h3-9H,1-2H3,(H,20,21);3*1,3-4H2,2H3;/q;;;;+1/p-1. The van der Waals surface area contributed by atoms with Crippen LogP contribution >= 0.6 is 15.9 Å². The van der Waals surface area contributed by atoms with Crippen LogP contribution in [0.25, 0.3) is 0 Å². The third-order valence-electron chi connectivity index (χ3n) is 6.10. The third kappa shape index (κ3) is 8.67. The molecule has 0 radical (unpaired) electrons. The Balaban J connectivity index is 2.31. The molecular weight excluding hydrogens is 597 g/mol. The van der Waals surface area contributed by atoms with Crippen molar-refractivity contribution in [2.24, 2.45) is 10.2 Å². The number of carbonyl (C=O) groups is 1. The van der Waals surface area contributed by atoms with Crippen molar-refractivity contribution in [1.29, 1.82) is 0 Å². The van der Waals surface area contributed by atoms with E-state index in [0.29, 0.717) is 11.3 Å². The van der Waals surface area contributed by atoms with Gasteiger partial charge in [-0.05, 0) is 0 Å². The number of rotatable bonds is 14. The van der Waals surface area contributed by atoms with Crippen LogP contribution in [0.1, 0.15) is 69.7 Å². The molecule has 0 heterocycles. The van der Waals surface area contributed by atoms with Crippen LogP contribution in [-0.4, -0.2) is 38.9 Å². The van der Waals surface area contributed by atoms with E-state index in [-0.39, 0.29) is 5.97 Å². The molecule has 0 amide bonds. The fourth-order valence-electron chi connectivity index (χ4n) is 3.97. The van der Waals surface area contributed by atoms with Crippen LogP contribution in [0.4, 0.5) is 17.1 Å². The molecule has 0 aliphatic rings. The molecule has 0 N–H and O–H groups in total. The van der Waals surface area contributed by atoms with Crippen molar-refractivity contribution in [3.8, 4) is 0 Å². The van der Waals surface area contributed by atoms with E-state index in [4.69, 9.17) is 3.07 Å². The van der Waals surface area contributed by atoms with E-state index < -0.39 is 18.8 Å². The number of nitrogens with zero attached hydrogens (tertiary/aromatic N) is 3. The van der Waals surface area contributed by atoms with E-state index in [1.54, 1.807) is 0 Å². The molecule has 2 aromatic carbocycles. The van der Waals surface area contributed by atoms with Gasteiger partial charge < -0.3 is 0 Å². The number of halogens is 1. The summed E-state index contributed by atoms with van der Waals surface area (Å²) in [6.07, 6.45) is 6.86. The van der Waals surface area contributed by atoms with E-state index >= 15 is 0 Å². The Kier molecular flexibility index (Phi) is 12.6. The van der Waals surface area contributed by atoms with Gasteiger partial charge in [0.15, 0.2) is 0 Å². The predicted molar refractivity (Wildman–Crippen MR) is 149 cm³/mol. The fourth-order valence-corrected chi connectivity index (χ4v) is 17.4. The molecular formula is C27H40BrN3O2Sn. The van der Waals surface area contributed by atoms with E-state index in [9.17, 15) is 4.79 Å². The Morgan fingerprint density at radius 1 is 0.882 bits per heavy atom. The zero-order valence-corrected chi connectivity index (χ0v) is 25.9. The van der Waals surface area contributed by atoms with Crippen molar-refractivity contribution in [2.75, 3.05) is 19.0 Å². The molecule has 0 spiro atoms. The molecule has 0 aliphatic carbocycles. The van der Waals surface area contributed by atoms with Gasteiger partial charge in [-0.25, -0.2) is 0 Å². The van der Waals surface area contributed by atoms with Crippen LogP contribution in [0.5, 0.6) is 0 Å². The number of unbranched alkanes of at least 4 members (excludes halogenated alkanes) is 3. The second-order valence-electron chi connectivity index (χ2n) is 9.13.